The van der Waals surface area contributed by atoms with Crippen molar-refractivity contribution in [1.29, 1.82) is 0 Å². The second kappa shape index (κ2) is 11.7. The van der Waals surface area contributed by atoms with E-state index in [2.05, 4.69) is 24.7 Å². The van der Waals surface area contributed by atoms with Crippen LogP contribution in [-0.2, 0) is 43.4 Å². The molecule has 2 saturated carbocycles. The fourth-order valence-electron chi connectivity index (χ4n) is 5.79. The van der Waals surface area contributed by atoms with Gasteiger partial charge in [0.2, 0.25) is 0 Å². The molecule has 1 aromatic rings. The van der Waals surface area contributed by atoms with Gasteiger partial charge in [-0.25, -0.2) is 0 Å². The lowest BCUT2D eigenvalue weighted by atomic mass is 9.61. The van der Waals surface area contributed by atoms with Crippen LogP contribution in [0.5, 0.6) is 5.75 Å². The van der Waals surface area contributed by atoms with Gasteiger partial charge in [0.15, 0.2) is 6.61 Å². The number of halogens is 2. The number of hydrogen-bond donors (Lipinski definition) is 1. The third-order valence-corrected chi connectivity index (χ3v) is 8.60. The van der Waals surface area contributed by atoms with Crippen LogP contribution in [0.15, 0.2) is 12.1 Å². The minimum Gasteiger partial charge on any atom is -0.458 e. The fourth-order valence-corrected chi connectivity index (χ4v) is 6.00. The molecule has 196 valence electrons. The average Bonchev–Trinajstić information content (AvgIpc) is 2.85. The van der Waals surface area contributed by atoms with Gasteiger partial charge in [-0.3, -0.25) is 14.1 Å². The van der Waals surface area contributed by atoms with Crippen LogP contribution in [-0.4, -0.2) is 60.3 Å². The van der Waals surface area contributed by atoms with E-state index < -0.39 is 39.8 Å². The predicted octanol–water partition coefficient (Wildman–Crippen LogP) is 0.848. The van der Waals surface area contributed by atoms with Gasteiger partial charge in [0.1, 0.15) is 29.3 Å². The van der Waals surface area contributed by atoms with Gasteiger partial charge >= 0.3 is 27.3 Å². The van der Waals surface area contributed by atoms with E-state index in [9.17, 15) is 26.8 Å². The maximum Gasteiger partial charge on any atom is 0.402 e. The molecule has 0 aliphatic heterocycles. The highest BCUT2D eigenvalue weighted by Gasteiger charge is 2.49. The Morgan fingerprint density at radius 1 is 0.917 bits per heavy atom. The molecule has 7 nitrogen and oxygen atoms in total. The molecule has 2 aliphatic carbocycles. The summed E-state index contributed by atoms with van der Waals surface area (Å²) in [6.07, 6.45) is 6.03. The summed E-state index contributed by atoms with van der Waals surface area (Å²) in [4.78, 5) is 26.1. The minimum absolute atomic E-state index is 0.148. The number of carbonyl (C=O) groups is 2. The summed E-state index contributed by atoms with van der Waals surface area (Å²) in [5, 5.41) is -4.57. The highest BCUT2D eigenvalue weighted by atomic mass is 32.2. The van der Waals surface area contributed by atoms with Crippen molar-refractivity contribution in [1.82, 2.24) is 0 Å². The zero-order valence-corrected chi connectivity index (χ0v) is 21.9. The van der Waals surface area contributed by atoms with Gasteiger partial charge in [0.25, 0.3) is 0 Å². The van der Waals surface area contributed by atoms with E-state index >= 15 is 0 Å². The van der Waals surface area contributed by atoms with Crippen molar-refractivity contribution < 1.29 is 40.8 Å². The number of ether oxygens (including phenoxy) is 2. The van der Waals surface area contributed by atoms with Crippen LogP contribution in [0, 0.1) is 23.7 Å². The molecule has 2 aliphatic rings. The maximum atomic E-state index is 13.6. The number of hydrogen-bond acceptors (Lipinski definition) is 6. The number of esters is 2. The van der Waals surface area contributed by atoms with Gasteiger partial charge in [-0.2, -0.15) is 17.2 Å². The van der Waals surface area contributed by atoms with E-state index in [0.717, 1.165) is 30.1 Å². The van der Waals surface area contributed by atoms with Crippen molar-refractivity contribution in [3.05, 3.63) is 28.8 Å². The largest absolute Gasteiger partial charge is 0.458 e. The van der Waals surface area contributed by atoms with Crippen molar-refractivity contribution in [2.45, 2.75) is 62.7 Å². The second-order valence-corrected chi connectivity index (χ2v) is 11.4. The summed E-state index contributed by atoms with van der Waals surface area (Å²) in [5.41, 5.74) is 3.16. The lowest BCUT2D eigenvalue weighted by molar-refractivity contribution is -0.162. The molecular formula is C23H33B3F2O7S. The molecule has 0 saturated heterocycles. The molecule has 4 atom stereocenters. The summed E-state index contributed by atoms with van der Waals surface area (Å²) in [7, 11) is 0.428. The fraction of sp³-hybridized carbons (Fsp3) is 0.652. The SMILES string of the molecule is BCc1cc(CB)c(OC(=O)C2CCCC3C(C(=O)OCC(F)(F)S(=O)(=O)O)CCCC23)c(CB)c1. The van der Waals surface area contributed by atoms with Crippen LogP contribution in [0.4, 0.5) is 8.78 Å². The minimum atomic E-state index is -5.69. The zero-order chi connectivity index (χ0) is 26.7. The van der Waals surface area contributed by atoms with E-state index in [1.807, 2.05) is 15.7 Å². The predicted molar refractivity (Wildman–Crippen MR) is 138 cm³/mol. The molecule has 0 aromatic heterocycles. The summed E-state index contributed by atoms with van der Waals surface area (Å²) in [6.45, 7) is -1.74. The van der Waals surface area contributed by atoms with Gasteiger partial charge in [-0.15, -0.1) is 0 Å². The highest BCUT2D eigenvalue weighted by Crippen LogP contribution is 2.48. The Kier molecular flexibility index (Phi) is 9.30. The van der Waals surface area contributed by atoms with E-state index in [-0.39, 0.29) is 17.8 Å². The topological polar surface area (TPSA) is 107 Å². The molecular weight excluding hydrogens is 491 g/mol. The van der Waals surface area contributed by atoms with Crippen molar-refractivity contribution >= 4 is 45.6 Å². The molecule has 0 radical (unpaired) electrons. The van der Waals surface area contributed by atoms with Crippen LogP contribution in [0.2, 0.25) is 0 Å². The van der Waals surface area contributed by atoms with Crippen molar-refractivity contribution in [2.24, 2.45) is 23.7 Å². The number of fused-ring (bicyclic) bond motifs is 1. The molecule has 2 fully saturated rings. The number of alkyl halides is 2. The molecule has 13 heteroatoms. The maximum absolute atomic E-state index is 13.6. The van der Waals surface area contributed by atoms with Crippen molar-refractivity contribution in [2.75, 3.05) is 6.61 Å². The molecule has 3 rings (SSSR count). The molecule has 1 aromatic carbocycles. The lowest BCUT2D eigenvalue weighted by Gasteiger charge is -2.43. The van der Waals surface area contributed by atoms with Gasteiger partial charge in [0.05, 0.1) is 11.8 Å². The Morgan fingerprint density at radius 3 is 1.86 bits per heavy atom. The van der Waals surface area contributed by atoms with Crippen molar-refractivity contribution in [3.63, 3.8) is 0 Å². The Hall–Kier alpha value is -1.88. The summed E-state index contributed by atoms with van der Waals surface area (Å²) in [6, 6.07) is 4.14. The highest BCUT2D eigenvalue weighted by molar-refractivity contribution is 7.86. The first-order chi connectivity index (χ1) is 16.9. The number of rotatable bonds is 9. The molecule has 36 heavy (non-hydrogen) atoms. The third kappa shape index (κ3) is 6.15. The normalized spacial score (nSPS) is 24.5. The van der Waals surface area contributed by atoms with E-state index in [1.54, 1.807) is 0 Å². The van der Waals surface area contributed by atoms with Gasteiger partial charge in [0, 0.05) is 0 Å². The van der Waals surface area contributed by atoms with Gasteiger partial charge in [-0.1, -0.05) is 49.5 Å². The zero-order valence-electron chi connectivity index (χ0n) is 21.1. The number of carbonyl (C=O) groups excluding carboxylic acids is 2. The molecule has 0 heterocycles. The monoisotopic (exact) mass is 524 g/mol. The van der Waals surface area contributed by atoms with Crippen LogP contribution in [0.25, 0.3) is 0 Å². The van der Waals surface area contributed by atoms with Crippen molar-refractivity contribution in [3.8, 4) is 5.75 Å². The van der Waals surface area contributed by atoms with E-state index in [1.165, 1.54) is 5.56 Å². The first kappa shape index (κ1) is 28.7. The van der Waals surface area contributed by atoms with Gasteiger partial charge in [-0.05, 0) is 48.6 Å². The summed E-state index contributed by atoms with van der Waals surface area (Å²) >= 11 is 0. The average molecular weight is 524 g/mol. The van der Waals surface area contributed by atoms with Gasteiger partial charge < -0.3 is 9.47 Å². The molecule has 0 spiro atoms. The second-order valence-electron chi connectivity index (χ2n) is 9.85. The summed E-state index contributed by atoms with van der Waals surface area (Å²) < 4.78 is 68.1. The Labute approximate surface area is 214 Å². The molecule has 4 unspecified atom stereocenters. The van der Waals surface area contributed by atoms with Crippen LogP contribution < -0.4 is 4.74 Å². The van der Waals surface area contributed by atoms with Crippen LogP contribution >= 0.6 is 0 Å². The Balaban J connectivity index is 1.76. The Bertz CT molecular complexity index is 1060. The lowest BCUT2D eigenvalue weighted by Crippen LogP contribution is -2.44. The third-order valence-electron chi connectivity index (χ3n) is 7.73. The summed E-state index contributed by atoms with van der Waals surface area (Å²) in [5.74, 6) is -2.15. The van der Waals surface area contributed by atoms with Crippen LogP contribution in [0.3, 0.4) is 0 Å². The smallest absolute Gasteiger partial charge is 0.402 e. The number of benzene rings is 1. The first-order valence-electron chi connectivity index (χ1n) is 12.8. The van der Waals surface area contributed by atoms with Crippen LogP contribution in [0.1, 0.15) is 55.2 Å². The standard InChI is InChI=1S/C23H33B3F2O7S/c24-9-13-7-14(10-25)20(15(8-13)11-26)35-22(30)19-6-2-3-16-17(19)4-1-5-18(16)21(29)34-12-23(27,28)36(31,32)33/h7-8,16-19H,1-6,9-12,24-26H2,(H,31,32,33). The molecule has 1 N–H and O–H groups in total. The van der Waals surface area contributed by atoms with E-state index in [4.69, 9.17) is 9.29 Å². The molecule has 0 amide bonds. The quantitative estimate of drug-likeness (QED) is 0.221. The van der Waals surface area contributed by atoms with E-state index in [0.29, 0.717) is 44.3 Å². The molecule has 0 bridgehead atoms. The first-order valence-corrected chi connectivity index (χ1v) is 14.2. The Morgan fingerprint density at radius 2 is 1.42 bits per heavy atom.